The number of allylic oxidation sites excluding steroid dienone is 2. The Morgan fingerprint density at radius 2 is 1.70 bits per heavy atom. The smallest absolute Gasteiger partial charge is 0.155 e. The van der Waals surface area contributed by atoms with Gasteiger partial charge in [-0.2, -0.15) is 0 Å². The van der Waals surface area contributed by atoms with E-state index in [9.17, 15) is 4.79 Å². The van der Waals surface area contributed by atoms with E-state index in [1.54, 1.807) is 0 Å². The van der Waals surface area contributed by atoms with E-state index in [0.717, 1.165) is 24.7 Å². The summed E-state index contributed by atoms with van der Waals surface area (Å²) in [6.07, 6.45) is 21.0. The van der Waals surface area contributed by atoms with Crippen LogP contribution in [0.5, 0.6) is 0 Å². The lowest BCUT2D eigenvalue weighted by Crippen LogP contribution is -2.20. The maximum Gasteiger partial charge on any atom is 0.155 e. The lowest BCUT2D eigenvalue weighted by molar-refractivity contribution is -0.115. The van der Waals surface area contributed by atoms with Gasteiger partial charge in [0.15, 0.2) is 5.78 Å². The fourth-order valence-electron chi connectivity index (χ4n) is 4.05. The molecule has 0 saturated carbocycles. The fourth-order valence-corrected chi connectivity index (χ4v) is 4.05. The van der Waals surface area contributed by atoms with Crippen LogP contribution in [0.1, 0.15) is 104 Å². The normalized spacial score (nSPS) is 20.7. The highest BCUT2D eigenvalue weighted by Gasteiger charge is 2.24. The van der Waals surface area contributed by atoms with E-state index in [2.05, 4.69) is 26.8 Å². The lowest BCUT2D eigenvalue weighted by Gasteiger charge is -2.30. The molecular formula is C22H40O. The number of carbonyl (C=O) groups excluding carboxylic acids is 1. The van der Waals surface area contributed by atoms with Crippen molar-refractivity contribution in [1.82, 2.24) is 0 Å². The van der Waals surface area contributed by atoms with E-state index in [1.807, 2.05) is 6.08 Å². The van der Waals surface area contributed by atoms with Gasteiger partial charge in [0.25, 0.3) is 0 Å². The number of hydrogen-bond acceptors (Lipinski definition) is 1. The molecule has 1 aliphatic rings. The van der Waals surface area contributed by atoms with E-state index in [0.29, 0.717) is 11.7 Å². The minimum atomic E-state index is 0.334. The Bertz CT molecular complexity index is 331. The second-order valence-corrected chi connectivity index (χ2v) is 7.64. The van der Waals surface area contributed by atoms with Gasteiger partial charge >= 0.3 is 0 Å². The largest absolute Gasteiger partial charge is 0.295 e. The molecule has 3 unspecified atom stereocenters. The van der Waals surface area contributed by atoms with Crippen LogP contribution in [0, 0.1) is 17.8 Å². The fraction of sp³-hybridized carbons (Fsp3) is 0.864. The molecule has 0 bridgehead atoms. The molecule has 1 aliphatic carbocycles. The highest BCUT2D eigenvalue weighted by molar-refractivity contribution is 5.90. The van der Waals surface area contributed by atoms with Crippen molar-refractivity contribution in [3.8, 4) is 0 Å². The summed E-state index contributed by atoms with van der Waals surface area (Å²) in [5, 5.41) is 0. The topological polar surface area (TPSA) is 17.1 Å². The molecule has 0 spiro atoms. The maximum absolute atomic E-state index is 11.5. The average Bonchev–Trinajstić information content (AvgIpc) is 2.57. The molecule has 0 heterocycles. The summed E-state index contributed by atoms with van der Waals surface area (Å²) in [5.74, 6) is 2.70. The van der Waals surface area contributed by atoms with Crippen molar-refractivity contribution in [3.05, 3.63) is 12.2 Å². The third kappa shape index (κ3) is 8.72. The molecule has 134 valence electrons. The van der Waals surface area contributed by atoms with Crippen LogP contribution in [0.25, 0.3) is 0 Å². The third-order valence-corrected chi connectivity index (χ3v) is 5.72. The molecule has 0 saturated heterocycles. The standard InChI is InChI=1S/C22H40O/c1-4-7-9-11-13-21(20-14-16-22(23)17-15-20)18-19(6-3)12-10-8-5-2/h14,16,19-21H,4-13,15,17-18H2,1-3H3. The first kappa shape index (κ1) is 20.5. The minimum absolute atomic E-state index is 0.334. The Hall–Kier alpha value is -0.590. The van der Waals surface area contributed by atoms with Crippen LogP contribution in [0.4, 0.5) is 0 Å². The van der Waals surface area contributed by atoms with Crippen LogP contribution in [-0.4, -0.2) is 5.78 Å². The van der Waals surface area contributed by atoms with Crippen molar-refractivity contribution in [2.24, 2.45) is 17.8 Å². The average molecular weight is 321 g/mol. The molecule has 23 heavy (non-hydrogen) atoms. The van der Waals surface area contributed by atoms with Crippen molar-refractivity contribution in [1.29, 1.82) is 0 Å². The predicted octanol–water partition coefficient (Wildman–Crippen LogP) is 7.10. The molecule has 0 aromatic rings. The van der Waals surface area contributed by atoms with Gasteiger partial charge in [-0.3, -0.25) is 4.79 Å². The van der Waals surface area contributed by atoms with Gasteiger partial charge in [-0.25, -0.2) is 0 Å². The first-order valence-electron chi connectivity index (χ1n) is 10.4. The number of rotatable bonds is 13. The minimum Gasteiger partial charge on any atom is -0.295 e. The van der Waals surface area contributed by atoms with Gasteiger partial charge in [-0.05, 0) is 43.1 Å². The van der Waals surface area contributed by atoms with Crippen LogP contribution >= 0.6 is 0 Å². The summed E-state index contributed by atoms with van der Waals surface area (Å²) in [4.78, 5) is 11.5. The summed E-state index contributed by atoms with van der Waals surface area (Å²) >= 11 is 0. The maximum atomic E-state index is 11.5. The second-order valence-electron chi connectivity index (χ2n) is 7.64. The summed E-state index contributed by atoms with van der Waals surface area (Å²) in [7, 11) is 0. The highest BCUT2D eigenvalue weighted by Crippen LogP contribution is 2.34. The summed E-state index contributed by atoms with van der Waals surface area (Å²) in [5.41, 5.74) is 0. The molecule has 0 aromatic heterocycles. The number of unbranched alkanes of at least 4 members (excludes halogenated alkanes) is 5. The first-order chi connectivity index (χ1) is 11.2. The van der Waals surface area contributed by atoms with Crippen LogP contribution in [0.3, 0.4) is 0 Å². The Kier molecular flexibility index (Phi) is 11.4. The zero-order chi connectivity index (χ0) is 16.9. The van der Waals surface area contributed by atoms with Gasteiger partial charge < -0.3 is 0 Å². The van der Waals surface area contributed by atoms with Gasteiger partial charge in [-0.15, -0.1) is 0 Å². The van der Waals surface area contributed by atoms with Gasteiger partial charge in [0.1, 0.15) is 0 Å². The lowest BCUT2D eigenvalue weighted by atomic mass is 9.75. The van der Waals surface area contributed by atoms with Crippen molar-refractivity contribution >= 4 is 5.78 Å². The first-order valence-corrected chi connectivity index (χ1v) is 10.4. The quantitative estimate of drug-likeness (QED) is 0.331. The number of ketones is 1. The van der Waals surface area contributed by atoms with Crippen LogP contribution in [0.15, 0.2) is 12.2 Å². The predicted molar refractivity (Wildman–Crippen MR) is 102 cm³/mol. The molecule has 0 N–H and O–H groups in total. The van der Waals surface area contributed by atoms with Gasteiger partial charge in [0.2, 0.25) is 0 Å². The summed E-state index contributed by atoms with van der Waals surface area (Å²) in [6.45, 7) is 6.94. The monoisotopic (exact) mass is 320 g/mol. The highest BCUT2D eigenvalue weighted by atomic mass is 16.1. The molecule has 1 heteroatoms. The van der Waals surface area contributed by atoms with Crippen molar-refractivity contribution < 1.29 is 4.79 Å². The molecule has 1 rings (SSSR count). The SMILES string of the molecule is CCCCCCC(CC(CC)CCCCC)C1C=CC(=O)CC1. The Morgan fingerprint density at radius 3 is 2.30 bits per heavy atom. The Balaban J connectivity index is 2.54. The second kappa shape index (κ2) is 12.8. The van der Waals surface area contributed by atoms with Crippen LogP contribution < -0.4 is 0 Å². The summed E-state index contributed by atoms with van der Waals surface area (Å²) in [6, 6.07) is 0. The molecule has 3 atom stereocenters. The third-order valence-electron chi connectivity index (χ3n) is 5.72. The molecule has 0 amide bonds. The van der Waals surface area contributed by atoms with Gasteiger partial charge in [0.05, 0.1) is 0 Å². The van der Waals surface area contributed by atoms with E-state index in [4.69, 9.17) is 0 Å². The van der Waals surface area contributed by atoms with Gasteiger partial charge in [-0.1, -0.05) is 84.6 Å². The zero-order valence-electron chi connectivity index (χ0n) is 16.0. The number of carbonyl (C=O) groups is 1. The van der Waals surface area contributed by atoms with Crippen molar-refractivity contribution in [3.63, 3.8) is 0 Å². The molecule has 1 nitrogen and oxygen atoms in total. The Morgan fingerprint density at radius 1 is 1.00 bits per heavy atom. The zero-order valence-corrected chi connectivity index (χ0v) is 16.0. The van der Waals surface area contributed by atoms with E-state index in [-0.39, 0.29) is 0 Å². The van der Waals surface area contributed by atoms with Crippen molar-refractivity contribution in [2.45, 2.75) is 104 Å². The molecule has 0 radical (unpaired) electrons. The molecule has 0 aromatic carbocycles. The van der Waals surface area contributed by atoms with Crippen molar-refractivity contribution in [2.75, 3.05) is 0 Å². The molecule has 0 aliphatic heterocycles. The number of hydrogen-bond donors (Lipinski definition) is 0. The summed E-state index contributed by atoms with van der Waals surface area (Å²) < 4.78 is 0. The van der Waals surface area contributed by atoms with Crippen LogP contribution in [0.2, 0.25) is 0 Å². The molecule has 0 fully saturated rings. The van der Waals surface area contributed by atoms with Crippen LogP contribution in [-0.2, 0) is 4.79 Å². The van der Waals surface area contributed by atoms with Gasteiger partial charge in [0, 0.05) is 6.42 Å². The van der Waals surface area contributed by atoms with E-state index in [1.165, 1.54) is 70.6 Å². The van der Waals surface area contributed by atoms with E-state index < -0.39 is 0 Å². The molecular weight excluding hydrogens is 280 g/mol. The Labute approximate surface area is 145 Å². The van der Waals surface area contributed by atoms with E-state index >= 15 is 0 Å².